The van der Waals surface area contributed by atoms with Crippen molar-refractivity contribution in [3.8, 4) is 11.5 Å². The van der Waals surface area contributed by atoms with E-state index in [0.717, 1.165) is 30.0 Å². The number of nitrogens with zero attached hydrogens (tertiary/aromatic N) is 1. The molecule has 1 aromatic carbocycles. The predicted octanol–water partition coefficient (Wildman–Crippen LogP) is 3.26. The summed E-state index contributed by atoms with van der Waals surface area (Å²) in [5.74, 6) is 1.70. The Balaban J connectivity index is 1.95. The summed E-state index contributed by atoms with van der Waals surface area (Å²) in [6.07, 6.45) is 4.57. The van der Waals surface area contributed by atoms with Gasteiger partial charge in [0.2, 0.25) is 0 Å². The number of benzene rings is 1. The van der Waals surface area contributed by atoms with Crippen LogP contribution in [0.3, 0.4) is 0 Å². The second kappa shape index (κ2) is 6.14. The maximum absolute atomic E-state index is 6.18. The summed E-state index contributed by atoms with van der Waals surface area (Å²) in [5.41, 5.74) is 2.30. The summed E-state index contributed by atoms with van der Waals surface area (Å²) >= 11 is 0. The third-order valence-electron chi connectivity index (χ3n) is 3.82. The highest BCUT2D eigenvalue weighted by Gasteiger charge is 2.29. The van der Waals surface area contributed by atoms with Crippen LogP contribution in [0, 0.1) is 0 Å². The minimum Gasteiger partial charge on any atom is -0.497 e. The summed E-state index contributed by atoms with van der Waals surface area (Å²) in [7, 11) is 1.67. The zero-order valence-corrected chi connectivity index (χ0v) is 12.4. The first-order valence-electron chi connectivity index (χ1n) is 7.29. The summed E-state index contributed by atoms with van der Waals surface area (Å²) < 4.78 is 11.5. The second-order valence-electron chi connectivity index (χ2n) is 5.14. The number of fused-ring (bicyclic) bond motifs is 1. The highest BCUT2D eigenvalue weighted by Crippen LogP contribution is 2.42. The van der Waals surface area contributed by atoms with E-state index in [9.17, 15) is 0 Å². The lowest BCUT2D eigenvalue weighted by molar-refractivity contribution is 0.151. The first kappa shape index (κ1) is 13.9. The van der Waals surface area contributed by atoms with E-state index < -0.39 is 0 Å². The van der Waals surface area contributed by atoms with E-state index in [0.29, 0.717) is 0 Å². The van der Waals surface area contributed by atoms with Crippen molar-refractivity contribution in [2.24, 2.45) is 0 Å². The summed E-state index contributed by atoms with van der Waals surface area (Å²) in [6.45, 7) is 3.05. The molecule has 0 aliphatic carbocycles. The highest BCUT2D eigenvalue weighted by atomic mass is 16.5. The molecular weight excluding hydrogens is 264 g/mol. The average molecular weight is 284 g/mol. The second-order valence-corrected chi connectivity index (χ2v) is 5.14. The van der Waals surface area contributed by atoms with Gasteiger partial charge < -0.3 is 14.8 Å². The topological polar surface area (TPSA) is 43.4 Å². The number of pyridine rings is 1. The molecule has 1 aliphatic heterocycles. The molecule has 0 fully saturated rings. The Morgan fingerprint density at radius 3 is 3.00 bits per heavy atom. The number of methoxy groups -OCH3 is 1. The van der Waals surface area contributed by atoms with Crippen molar-refractivity contribution in [3.63, 3.8) is 0 Å². The quantitative estimate of drug-likeness (QED) is 0.936. The van der Waals surface area contributed by atoms with Gasteiger partial charge in [0.1, 0.15) is 17.6 Å². The molecule has 4 nitrogen and oxygen atoms in total. The van der Waals surface area contributed by atoms with Gasteiger partial charge in [-0.25, -0.2) is 0 Å². The summed E-state index contributed by atoms with van der Waals surface area (Å²) in [5, 5.41) is 3.54. The van der Waals surface area contributed by atoms with Crippen molar-refractivity contribution in [2.45, 2.75) is 25.5 Å². The lowest BCUT2D eigenvalue weighted by Crippen LogP contribution is -2.29. The lowest BCUT2D eigenvalue weighted by Gasteiger charge is -2.33. The van der Waals surface area contributed by atoms with Gasteiger partial charge in [0.15, 0.2) is 0 Å². The van der Waals surface area contributed by atoms with Crippen molar-refractivity contribution in [3.05, 3.63) is 53.9 Å². The smallest absolute Gasteiger partial charge is 0.128 e. The Hall–Kier alpha value is -2.07. The largest absolute Gasteiger partial charge is 0.497 e. The third-order valence-corrected chi connectivity index (χ3v) is 3.82. The number of aromatic nitrogens is 1. The van der Waals surface area contributed by atoms with Crippen LogP contribution < -0.4 is 14.8 Å². The molecule has 0 amide bonds. The molecule has 2 unspecified atom stereocenters. The lowest BCUT2D eigenvalue weighted by atomic mass is 9.93. The van der Waals surface area contributed by atoms with Gasteiger partial charge in [0, 0.05) is 42.0 Å². The van der Waals surface area contributed by atoms with Crippen LogP contribution in [0.15, 0.2) is 42.7 Å². The van der Waals surface area contributed by atoms with E-state index in [-0.39, 0.29) is 12.1 Å². The molecule has 0 spiro atoms. The molecule has 0 radical (unpaired) electrons. The fourth-order valence-electron chi connectivity index (χ4n) is 2.78. The Labute approximate surface area is 125 Å². The zero-order valence-electron chi connectivity index (χ0n) is 12.4. The summed E-state index contributed by atoms with van der Waals surface area (Å²) in [6, 6.07) is 10.3. The fraction of sp³-hybridized carbons (Fsp3) is 0.353. The molecule has 4 heteroatoms. The molecule has 2 aromatic rings. The SMILES string of the molecule is CCNC1CC(c2cccnc2)Oc2cc(OC)ccc21. The number of rotatable bonds is 4. The molecule has 2 heterocycles. The Morgan fingerprint density at radius 1 is 1.38 bits per heavy atom. The van der Waals surface area contributed by atoms with Crippen molar-refractivity contribution in [1.82, 2.24) is 10.3 Å². The van der Waals surface area contributed by atoms with Gasteiger partial charge in [-0.05, 0) is 18.7 Å². The average Bonchev–Trinajstić information content (AvgIpc) is 2.55. The van der Waals surface area contributed by atoms with Gasteiger partial charge >= 0.3 is 0 Å². The van der Waals surface area contributed by atoms with Gasteiger partial charge in [-0.3, -0.25) is 4.98 Å². The van der Waals surface area contributed by atoms with E-state index in [1.165, 1.54) is 5.56 Å². The number of nitrogens with one attached hydrogen (secondary N) is 1. The molecule has 0 saturated heterocycles. The molecule has 21 heavy (non-hydrogen) atoms. The van der Waals surface area contributed by atoms with E-state index in [2.05, 4.69) is 29.4 Å². The number of hydrogen-bond donors (Lipinski definition) is 1. The Kier molecular flexibility index (Phi) is 4.06. The fourth-order valence-corrected chi connectivity index (χ4v) is 2.78. The van der Waals surface area contributed by atoms with Gasteiger partial charge in [-0.2, -0.15) is 0 Å². The Morgan fingerprint density at radius 2 is 2.29 bits per heavy atom. The predicted molar refractivity (Wildman–Crippen MR) is 81.6 cm³/mol. The van der Waals surface area contributed by atoms with Crippen molar-refractivity contribution in [1.29, 1.82) is 0 Å². The third kappa shape index (κ3) is 2.85. The molecule has 1 aliphatic rings. The Bertz CT molecular complexity index is 601. The molecule has 3 rings (SSSR count). The van der Waals surface area contributed by atoms with Crippen LogP contribution in [0.5, 0.6) is 11.5 Å². The zero-order chi connectivity index (χ0) is 14.7. The van der Waals surface area contributed by atoms with E-state index in [4.69, 9.17) is 9.47 Å². The van der Waals surface area contributed by atoms with Gasteiger partial charge in [-0.15, -0.1) is 0 Å². The minimum absolute atomic E-state index is 0.0161. The van der Waals surface area contributed by atoms with Crippen LogP contribution in [-0.4, -0.2) is 18.6 Å². The number of hydrogen-bond acceptors (Lipinski definition) is 4. The van der Waals surface area contributed by atoms with Crippen LogP contribution in [0.4, 0.5) is 0 Å². The first-order valence-corrected chi connectivity index (χ1v) is 7.29. The molecule has 0 bridgehead atoms. The molecule has 1 aromatic heterocycles. The van der Waals surface area contributed by atoms with Gasteiger partial charge in [0.05, 0.1) is 7.11 Å². The maximum Gasteiger partial charge on any atom is 0.128 e. The molecule has 0 saturated carbocycles. The van der Waals surface area contributed by atoms with Crippen molar-refractivity contribution >= 4 is 0 Å². The molecule has 2 atom stereocenters. The highest BCUT2D eigenvalue weighted by molar-refractivity contribution is 5.44. The molecule has 110 valence electrons. The molecular formula is C17H20N2O2. The normalized spacial score (nSPS) is 20.5. The summed E-state index contributed by atoms with van der Waals surface area (Å²) in [4.78, 5) is 4.20. The van der Waals surface area contributed by atoms with Gasteiger partial charge in [-0.1, -0.05) is 19.1 Å². The number of ether oxygens (including phenoxy) is 2. The standard InChI is InChI=1S/C17H20N2O2/c1-3-19-15-10-16(12-5-4-8-18-11-12)21-17-9-13(20-2)6-7-14(15)17/h4-9,11,15-16,19H,3,10H2,1-2H3. The monoisotopic (exact) mass is 284 g/mol. The van der Waals surface area contributed by atoms with Crippen molar-refractivity contribution < 1.29 is 9.47 Å². The van der Waals surface area contributed by atoms with E-state index in [1.807, 2.05) is 24.4 Å². The van der Waals surface area contributed by atoms with Crippen LogP contribution >= 0.6 is 0 Å². The van der Waals surface area contributed by atoms with Crippen LogP contribution in [0.1, 0.15) is 36.6 Å². The van der Waals surface area contributed by atoms with Gasteiger partial charge in [0.25, 0.3) is 0 Å². The van der Waals surface area contributed by atoms with Crippen LogP contribution in [0.2, 0.25) is 0 Å². The van der Waals surface area contributed by atoms with E-state index >= 15 is 0 Å². The first-order chi connectivity index (χ1) is 10.3. The van der Waals surface area contributed by atoms with Crippen LogP contribution in [-0.2, 0) is 0 Å². The van der Waals surface area contributed by atoms with Crippen molar-refractivity contribution in [2.75, 3.05) is 13.7 Å². The van der Waals surface area contributed by atoms with Crippen LogP contribution in [0.25, 0.3) is 0 Å². The maximum atomic E-state index is 6.18. The minimum atomic E-state index is 0.0161. The van der Waals surface area contributed by atoms with E-state index in [1.54, 1.807) is 13.3 Å². The molecule has 1 N–H and O–H groups in total.